The molecule has 20 heavy (non-hydrogen) atoms. The third-order valence-electron chi connectivity index (χ3n) is 3.94. The van der Waals surface area contributed by atoms with Gasteiger partial charge in [0, 0.05) is 12.8 Å². The molecule has 0 saturated heterocycles. The van der Waals surface area contributed by atoms with E-state index in [2.05, 4.69) is 5.32 Å². The van der Waals surface area contributed by atoms with E-state index in [1.807, 2.05) is 37.3 Å². The van der Waals surface area contributed by atoms with Crippen LogP contribution in [0.5, 0.6) is 0 Å². The lowest BCUT2D eigenvalue weighted by molar-refractivity contribution is -0.150. The number of ether oxygens (including phenoxy) is 2. The minimum absolute atomic E-state index is 0.154. The Bertz CT molecular complexity index is 425. The minimum Gasteiger partial charge on any atom is -0.464 e. The van der Waals surface area contributed by atoms with Gasteiger partial charge in [-0.2, -0.15) is 0 Å². The van der Waals surface area contributed by atoms with Crippen LogP contribution < -0.4 is 5.32 Å². The second kappa shape index (κ2) is 6.75. The Kier molecular flexibility index (Phi) is 5.01. The molecule has 2 rings (SSSR count). The zero-order valence-corrected chi connectivity index (χ0v) is 12.2. The van der Waals surface area contributed by atoms with Crippen molar-refractivity contribution in [2.75, 3.05) is 19.0 Å². The molecule has 0 spiro atoms. The Balaban J connectivity index is 2.15. The highest BCUT2D eigenvalue weighted by atomic mass is 16.5. The first kappa shape index (κ1) is 14.9. The van der Waals surface area contributed by atoms with Gasteiger partial charge in [-0.15, -0.1) is 0 Å². The average molecular weight is 277 g/mol. The van der Waals surface area contributed by atoms with Crippen molar-refractivity contribution in [3.8, 4) is 0 Å². The molecule has 1 aromatic rings. The molecule has 0 atom stereocenters. The van der Waals surface area contributed by atoms with Crippen LogP contribution in [0, 0.1) is 0 Å². The van der Waals surface area contributed by atoms with E-state index in [0.29, 0.717) is 6.61 Å². The summed E-state index contributed by atoms with van der Waals surface area (Å²) in [6.45, 7) is 2.25. The predicted octanol–water partition coefficient (Wildman–Crippen LogP) is 2.99. The van der Waals surface area contributed by atoms with Gasteiger partial charge in [-0.05, 0) is 44.7 Å². The molecular weight excluding hydrogens is 254 g/mol. The van der Waals surface area contributed by atoms with Crippen molar-refractivity contribution >= 4 is 11.7 Å². The van der Waals surface area contributed by atoms with E-state index in [0.717, 1.165) is 31.4 Å². The van der Waals surface area contributed by atoms with Crippen molar-refractivity contribution in [3.63, 3.8) is 0 Å². The lowest BCUT2D eigenvalue weighted by Gasteiger charge is -2.38. The molecule has 1 saturated carbocycles. The van der Waals surface area contributed by atoms with Gasteiger partial charge in [0.1, 0.15) is 5.54 Å². The lowest BCUT2D eigenvalue weighted by atomic mass is 9.80. The summed E-state index contributed by atoms with van der Waals surface area (Å²) in [5.74, 6) is -0.154. The maximum atomic E-state index is 12.4. The summed E-state index contributed by atoms with van der Waals surface area (Å²) in [6.07, 6.45) is 3.46. The van der Waals surface area contributed by atoms with Crippen LogP contribution >= 0.6 is 0 Å². The van der Waals surface area contributed by atoms with Gasteiger partial charge in [0.25, 0.3) is 0 Å². The number of esters is 1. The molecule has 0 heterocycles. The van der Waals surface area contributed by atoms with E-state index in [1.54, 1.807) is 7.11 Å². The molecule has 0 aliphatic heterocycles. The van der Waals surface area contributed by atoms with E-state index in [4.69, 9.17) is 9.47 Å². The maximum absolute atomic E-state index is 12.4. The monoisotopic (exact) mass is 277 g/mol. The number of carbonyl (C=O) groups is 1. The number of hydrogen-bond acceptors (Lipinski definition) is 4. The normalized spacial score (nSPS) is 26.0. The maximum Gasteiger partial charge on any atom is 0.331 e. The molecule has 4 heteroatoms. The third kappa shape index (κ3) is 3.31. The SMILES string of the molecule is CCOC(=O)C1(Nc2ccccc2)CCC(OC)CC1. The van der Waals surface area contributed by atoms with Crippen LogP contribution in [0.15, 0.2) is 30.3 Å². The first-order chi connectivity index (χ1) is 9.70. The topological polar surface area (TPSA) is 47.6 Å². The summed E-state index contributed by atoms with van der Waals surface area (Å²) in [5.41, 5.74) is 0.336. The van der Waals surface area contributed by atoms with Gasteiger partial charge in [-0.1, -0.05) is 18.2 Å². The van der Waals surface area contributed by atoms with Crippen molar-refractivity contribution in [1.29, 1.82) is 0 Å². The Morgan fingerprint density at radius 2 is 1.95 bits per heavy atom. The first-order valence-corrected chi connectivity index (χ1v) is 7.23. The molecule has 0 bridgehead atoms. The number of para-hydroxylation sites is 1. The molecule has 1 N–H and O–H groups in total. The first-order valence-electron chi connectivity index (χ1n) is 7.23. The number of rotatable bonds is 5. The van der Waals surface area contributed by atoms with Crippen LogP contribution in [-0.4, -0.2) is 31.3 Å². The summed E-state index contributed by atoms with van der Waals surface area (Å²) in [4.78, 5) is 12.4. The molecule has 1 fully saturated rings. The van der Waals surface area contributed by atoms with E-state index in [-0.39, 0.29) is 12.1 Å². The van der Waals surface area contributed by atoms with Crippen LogP contribution in [0.2, 0.25) is 0 Å². The largest absolute Gasteiger partial charge is 0.464 e. The smallest absolute Gasteiger partial charge is 0.331 e. The molecule has 0 unspecified atom stereocenters. The summed E-state index contributed by atoms with van der Waals surface area (Å²) in [5, 5.41) is 3.39. The van der Waals surface area contributed by atoms with Crippen LogP contribution in [0.4, 0.5) is 5.69 Å². The Morgan fingerprint density at radius 3 is 2.50 bits per heavy atom. The van der Waals surface area contributed by atoms with E-state index >= 15 is 0 Å². The summed E-state index contributed by atoms with van der Waals surface area (Å²) in [6, 6.07) is 9.83. The summed E-state index contributed by atoms with van der Waals surface area (Å²) in [7, 11) is 1.73. The van der Waals surface area contributed by atoms with Crippen LogP contribution in [0.25, 0.3) is 0 Å². The number of nitrogens with one attached hydrogen (secondary N) is 1. The number of hydrogen-bond donors (Lipinski definition) is 1. The quantitative estimate of drug-likeness (QED) is 0.841. The minimum atomic E-state index is -0.619. The molecule has 110 valence electrons. The zero-order valence-electron chi connectivity index (χ0n) is 12.2. The Labute approximate surface area is 120 Å². The van der Waals surface area contributed by atoms with Crippen LogP contribution in [0.1, 0.15) is 32.6 Å². The highest BCUT2D eigenvalue weighted by molar-refractivity contribution is 5.84. The number of anilines is 1. The molecule has 1 aromatic carbocycles. The average Bonchev–Trinajstić information content (AvgIpc) is 2.49. The van der Waals surface area contributed by atoms with Crippen molar-refractivity contribution < 1.29 is 14.3 Å². The van der Waals surface area contributed by atoms with Crippen LogP contribution in [0.3, 0.4) is 0 Å². The van der Waals surface area contributed by atoms with Crippen LogP contribution in [-0.2, 0) is 14.3 Å². The van der Waals surface area contributed by atoms with Gasteiger partial charge in [0.15, 0.2) is 0 Å². The molecule has 0 radical (unpaired) electrons. The van der Waals surface area contributed by atoms with E-state index < -0.39 is 5.54 Å². The van der Waals surface area contributed by atoms with Gasteiger partial charge in [-0.3, -0.25) is 0 Å². The second-order valence-corrected chi connectivity index (χ2v) is 5.23. The van der Waals surface area contributed by atoms with Gasteiger partial charge >= 0.3 is 5.97 Å². The predicted molar refractivity (Wildman–Crippen MR) is 78.7 cm³/mol. The van der Waals surface area contributed by atoms with Crippen molar-refractivity contribution in [1.82, 2.24) is 0 Å². The Hall–Kier alpha value is -1.55. The fourth-order valence-electron chi connectivity index (χ4n) is 2.77. The third-order valence-corrected chi connectivity index (χ3v) is 3.94. The fraction of sp³-hybridized carbons (Fsp3) is 0.562. The summed E-state index contributed by atoms with van der Waals surface area (Å²) >= 11 is 0. The van der Waals surface area contributed by atoms with Gasteiger partial charge in [0.05, 0.1) is 12.7 Å². The standard InChI is InChI=1S/C16H23NO3/c1-3-20-15(18)16(11-9-14(19-2)10-12-16)17-13-7-5-4-6-8-13/h4-8,14,17H,3,9-12H2,1-2H3. The highest BCUT2D eigenvalue weighted by Gasteiger charge is 2.43. The molecule has 4 nitrogen and oxygen atoms in total. The van der Waals surface area contributed by atoms with Crippen molar-refractivity contribution in [2.24, 2.45) is 0 Å². The number of carbonyl (C=O) groups excluding carboxylic acids is 1. The zero-order chi connectivity index (χ0) is 14.4. The number of benzene rings is 1. The van der Waals surface area contributed by atoms with Crippen molar-refractivity contribution in [2.45, 2.75) is 44.2 Å². The molecule has 1 aliphatic carbocycles. The van der Waals surface area contributed by atoms with E-state index in [9.17, 15) is 4.79 Å². The van der Waals surface area contributed by atoms with Gasteiger partial charge in [0.2, 0.25) is 0 Å². The lowest BCUT2D eigenvalue weighted by Crippen LogP contribution is -2.51. The highest BCUT2D eigenvalue weighted by Crippen LogP contribution is 2.34. The summed E-state index contributed by atoms with van der Waals surface area (Å²) < 4.78 is 10.7. The Morgan fingerprint density at radius 1 is 1.30 bits per heavy atom. The van der Waals surface area contributed by atoms with Gasteiger partial charge < -0.3 is 14.8 Å². The van der Waals surface area contributed by atoms with Gasteiger partial charge in [-0.25, -0.2) is 4.79 Å². The molecule has 0 aromatic heterocycles. The van der Waals surface area contributed by atoms with E-state index in [1.165, 1.54) is 0 Å². The second-order valence-electron chi connectivity index (χ2n) is 5.23. The molecular formula is C16H23NO3. The molecule has 0 amide bonds. The van der Waals surface area contributed by atoms with Crippen molar-refractivity contribution in [3.05, 3.63) is 30.3 Å². The molecule has 1 aliphatic rings. The number of methoxy groups -OCH3 is 1. The fourth-order valence-corrected chi connectivity index (χ4v) is 2.77.